The second-order valence-electron chi connectivity index (χ2n) is 12.4. The first kappa shape index (κ1) is 36.0. The number of primary amides is 1. The van der Waals surface area contributed by atoms with Gasteiger partial charge in [0.25, 0.3) is 5.91 Å². The van der Waals surface area contributed by atoms with Gasteiger partial charge in [0.05, 0.1) is 12.5 Å². The molecule has 11 nitrogen and oxygen atoms in total. The summed E-state index contributed by atoms with van der Waals surface area (Å²) in [4.78, 5) is 78.3. The van der Waals surface area contributed by atoms with E-state index in [1.807, 2.05) is 60.7 Å². The van der Waals surface area contributed by atoms with Crippen molar-refractivity contribution in [3.63, 3.8) is 0 Å². The van der Waals surface area contributed by atoms with Crippen LogP contribution in [0.5, 0.6) is 0 Å². The van der Waals surface area contributed by atoms with Crippen LogP contribution in [-0.2, 0) is 48.0 Å². The molecule has 49 heavy (non-hydrogen) atoms. The van der Waals surface area contributed by atoms with Crippen LogP contribution in [-0.4, -0.2) is 59.0 Å². The zero-order valence-corrected chi connectivity index (χ0v) is 27.7. The smallest absolute Gasteiger partial charge is 0.290 e. The summed E-state index contributed by atoms with van der Waals surface area (Å²) in [6, 6.07) is 27.6. The molecule has 3 atom stereocenters. The SMILES string of the molecule is CC(NC(=O)C(Cc1cccc2ccccc12)NC(=O)Cc1ccccc1)C(=O)C(=O)NC(Cc1ccccc1)C(=O)NC(C)(C)C(N)=O. The Hall–Kier alpha value is -5.84. The fraction of sp³-hybridized carbons (Fsp3) is 0.263. The molecule has 0 bridgehead atoms. The van der Waals surface area contributed by atoms with Crippen molar-refractivity contribution >= 4 is 46.1 Å². The Morgan fingerprint density at radius 2 is 1.22 bits per heavy atom. The van der Waals surface area contributed by atoms with E-state index in [1.165, 1.54) is 20.8 Å². The monoisotopic (exact) mass is 663 g/mol. The number of fused-ring (bicyclic) bond motifs is 1. The molecule has 0 radical (unpaired) electrons. The highest BCUT2D eigenvalue weighted by Crippen LogP contribution is 2.20. The summed E-state index contributed by atoms with van der Waals surface area (Å²) in [6.45, 7) is 4.19. The lowest BCUT2D eigenvalue weighted by molar-refractivity contribution is -0.141. The Labute approximate surface area is 285 Å². The highest BCUT2D eigenvalue weighted by atomic mass is 16.2. The second-order valence-corrected chi connectivity index (χ2v) is 12.4. The Morgan fingerprint density at radius 1 is 0.653 bits per heavy atom. The molecule has 0 aliphatic heterocycles. The van der Waals surface area contributed by atoms with Gasteiger partial charge in [0.2, 0.25) is 29.4 Å². The predicted molar refractivity (Wildman–Crippen MR) is 186 cm³/mol. The first-order chi connectivity index (χ1) is 23.3. The van der Waals surface area contributed by atoms with Gasteiger partial charge >= 0.3 is 0 Å². The lowest BCUT2D eigenvalue weighted by Crippen LogP contribution is -2.60. The van der Waals surface area contributed by atoms with Crippen molar-refractivity contribution in [3.05, 3.63) is 120 Å². The number of rotatable bonds is 15. The van der Waals surface area contributed by atoms with Gasteiger partial charge in [0.15, 0.2) is 0 Å². The Bertz CT molecular complexity index is 1820. The van der Waals surface area contributed by atoms with Gasteiger partial charge in [-0.05, 0) is 48.2 Å². The summed E-state index contributed by atoms with van der Waals surface area (Å²) < 4.78 is 0. The standard InChI is InChI=1S/C38H41N5O6/c1-24(33(45)36(48)42-30(21-25-13-6-4-7-14-25)35(47)43-38(2,3)37(39)49)40-34(46)31(41-32(44)22-26-15-8-5-9-16-26)23-28-19-12-18-27-17-10-11-20-29(27)28/h4-20,24,30-31H,21-23H2,1-3H3,(H2,39,49)(H,40,46)(H,41,44)(H,42,48)(H,43,47). The molecule has 254 valence electrons. The van der Waals surface area contributed by atoms with E-state index < -0.39 is 59.0 Å². The van der Waals surface area contributed by atoms with E-state index >= 15 is 0 Å². The molecule has 0 saturated heterocycles. The molecular formula is C38H41N5O6. The number of carbonyl (C=O) groups is 6. The minimum atomic E-state index is -1.42. The Kier molecular flexibility index (Phi) is 12.0. The number of carbonyl (C=O) groups excluding carboxylic acids is 6. The maximum Gasteiger partial charge on any atom is 0.290 e. The van der Waals surface area contributed by atoms with Crippen molar-refractivity contribution in [1.29, 1.82) is 0 Å². The lowest BCUT2D eigenvalue weighted by atomic mass is 9.97. The van der Waals surface area contributed by atoms with E-state index in [1.54, 1.807) is 42.5 Å². The molecule has 0 aromatic heterocycles. The Balaban J connectivity index is 1.50. The fourth-order valence-electron chi connectivity index (χ4n) is 5.25. The highest BCUT2D eigenvalue weighted by molar-refractivity contribution is 6.38. The summed E-state index contributed by atoms with van der Waals surface area (Å²) in [5.74, 6) is -4.68. The fourth-order valence-corrected chi connectivity index (χ4v) is 5.25. The molecule has 11 heteroatoms. The third-order valence-electron chi connectivity index (χ3n) is 8.10. The van der Waals surface area contributed by atoms with E-state index in [0.29, 0.717) is 5.56 Å². The maximum absolute atomic E-state index is 13.7. The van der Waals surface area contributed by atoms with Crippen LogP contribution in [0.25, 0.3) is 10.8 Å². The summed E-state index contributed by atoms with van der Waals surface area (Å²) in [7, 11) is 0. The van der Waals surface area contributed by atoms with Gasteiger partial charge in [-0.1, -0.05) is 103 Å². The lowest BCUT2D eigenvalue weighted by Gasteiger charge is -2.26. The predicted octanol–water partition coefficient (Wildman–Crippen LogP) is 2.29. The molecule has 0 saturated carbocycles. The molecular weight excluding hydrogens is 622 g/mol. The van der Waals surface area contributed by atoms with Crippen molar-refractivity contribution < 1.29 is 28.8 Å². The van der Waals surface area contributed by atoms with Gasteiger partial charge in [-0.3, -0.25) is 28.8 Å². The van der Waals surface area contributed by atoms with Crippen molar-refractivity contribution in [2.24, 2.45) is 5.73 Å². The van der Waals surface area contributed by atoms with Crippen molar-refractivity contribution in [2.75, 3.05) is 0 Å². The third-order valence-corrected chi connectivity index (χ3v) is 8.10. The molecule has 4 aromatic carbocycles. The van der Waals surface area contributed by atoms with Gasteiger partial charge < -0.3 is 27.0 Å². The zero-order valence-electron chi connectivity index (χ0n) is 27.7. The number of hydrogen-bond donors (Lipinski definition) is 5. The largest absolute Gasteiger partial charge is 0.368 e. The van der Waals surface area contributed by atoms with Crippen LogP contribution in [0.1, 0.15) is 37.5 Å². The van der Waals surface area contributed by atoms with E-state index in [0.717, 1.165) is 21.9 Å². The second kappa shape index (κ2) is 16.3. The normalized spacial score (nSPS) is 13.0. The third kappa shape index (κ3) is 10.1. The van der Waals surface area contributed by atoms with Crippen LogP contribution < -0.4 is 27.0 Å². The summed E-state index contributed by atoms with van der Waals surface area (Å²) in [5, 5.41) is 12.2. The van der Waals surface area contributed by atoms with Crippen LogP contribution in [0.15, 0.2) is 103 Å². The maximum atomic E-state index is 13.7. The van der Waals surface area contributed by atoms with Gasteiger partial charge in [-0.2, -0.15) is 0 Å². The molecule has 0 heterocycles. The molecule has 3 unspecified atom stereocenters. The van der Waals surface area contributed by atoms with Gasteiger partial charge in [0, 0.05) is 12.8 Å². The van der Waals surface area contributed by atoms with Crippen LogP contribution in [0.4, 0.5) is 0 Å². The van der Waals surface area contributed by atoms with Gasteiger partial charge in [0.1, 0.15) is 17.6 Å². The van der Waals surface area contributed by atoms with E-state index in [2.05, 4.69) is 21.3 Å². The van der Waals surface area contributed by atoms with E-state index in [9.17, 15) is 28.8 Å². The van der Waals surface area contributed by atoms with Crippen LogP contribution in [0, 0.1) is 0 Å². The highest BCUT2D eigenvalue weighted by Gasteiger charge is 2.34. The van der Waals surface area contributed by atoms with Gasteiger partial charge in [-0.15, -0.1) is 0 Å². The number of ketones is 1. The van der Waals surface area contributed by atoms with Crippen LogP contribution in [0.3, 0.4) is 0 Å². The number of benzene rings is 4. The number of amides is 5. The molecule has 4 rings (SSSR count). The van der Waals surface area contributed by atoms with Crippen LogP contribution in [0.2, 0.25) is 0 Å². The molecule has 6 N–H and O–H groups in total. The first-order valence-electron chi connectivity index (χ1n) is 15.9. The quantitative estimate of drug-likeness (QED) is 0.122. The first-order valence-corrected chi connectivity index (χ1v) is 15.9. The number of Topliss-reactive ketones (excluding diaryl/α,β-unsaturated/α-hetero) is 1. The number of hydrogen-bond acceptors (Lipinski definition) is 6. The van der Waals surface area contributed by atoms with Crippen molar-refractivity contribution in [1.82, 2.24) is 21.3 Å². The van der Waals surface area contributed by atoms with E-state index in [4.69, 9.17) is 5.73 Å². The van der Waals surface area contributed by atoms with Crippen molar-refractivity contribution in [2.45, 2.75) is 63.7 Å². The number of nitrogens with two attached hydrogens (primary N) is 1. The average molecular weight is 664 g/mol. The Morgan fingerprint density at radius 3 is 1.88 bits per heavy atom. The summed E-state index contributed by atoms with van der Waals surface area (Å²) in [5.41, 5.74) is 6.25. The molecule has 0 aliphatic rings. The topological polar surface area (TPSA) is 177 Å². The molecule has 5 amide bonds. The average Bonchev–Trinajstić information content (AvgIpc) is 3.08. The molecule has 0 spiro atoms. The minimum absolute atomic E-state index is 0.0157. The molecule has 4 aromatic rings. The minimum Gasteiger partial charge on any atom is -0.368 e. The van der Waals surface area contributed by atoms with Crippen LogP contribution >= 0.6 is 0 Å². The van der Waals surface area contributed by atoms with Crippen molar-refractivity contribution in [3.8, 4) is 0 Å². The zero-order chi connectivity index (χ0) is 35.6. The van der Waals surface area contributed by atoms with Gasteiger partial charge in [-0.25, -0.2) is 0 Å². The molecule has 0 fully saturated rings. The summed E-state index contributed by atoms with van der Waals surface area (Å²) >= 11 is 0. The molecule has 0 aliphatic carbocycles. The summed E-state index contributed by atoms with van der Waals surface area (Å²) in [6.07, 6.45) is 0.173. The number of nitrogens with one attached hydrogen (secondary N) is 4. The van der Waals surface area contributed by atoms with E-state index in [-0.39, 0.29) is 19.3 Å².